The van der Waals surface area contributed by atoms with E-state index in [0.29, 0.717) is 0 Å². The third-order valence-corrected chi connectivity index (χ3v) is 0. The van der Waals surface area contributed by atoms with Crippen molar-refractivity contribution >= 4 is 18.4 Å². The fourth-order valence-electron chi connectivity index (χ4n) is 0. The van der Waals surface area contributed by atoms with Crippen LogP contribution in [0.15, 0.2) is 0 Å². The van der Waals surface area contributed by atoms with Crippen LogP contribution in [0.5, 0.6) is 0 Å². The summed E-state index contributed by atoms with van der Waals surface area (Å²) in [5.74, 6) is 0. The number of halogens is 1. The lowest BCUT2D eigenvalue weighted by molar-refractivity contribution is -0.0979. The molecule has 0 aliphatic heterocycles. The van der Waals surface area contributed by atoms with Crippen LogP contribution in [-0.4, -0.2) is 13.2 Å². The Morgan fingerprint density at radius 3 is 1.40 bits per heavy atom. The number of hydrogen-bond donors (Lipinski definition) is 1. The molecule has 0 aromatic heterocycles. The van der Waals surface area contributed by atoms with Crippen molar-refractivity contribution < 1.29 is 4.79 Å². The van der Waals surface area contributed by atoms with Crippen molar-refractivity contribution in [3.8, 4) is 0 Å². The van der Waals surface area contributed by atoms with E-state index in [0.717, 1.165) is 0 Å². The normalized spacial score (nSPS) is 2.00. The SMILES string of the molecule is C=O.CCl.N. The zero-order valence-electron chi connectivity index (χ0n) is 3.20. The monoisotopic (exact) mass is 97.0 g/mol. The zero-order valence-corrected chi connectivity index (χ0v) is 3.96. The largest absolute Gasteiger partial charge is 0.344 e. The number of alkyl halides is 1. The third-order valence-electron chi connectivity index (χ3n) is 0. The first-order chi connectivity index (χ1) is 2.00. The topological polar surface area (TPSA) is 52.1 Å². The molecule has 0 saturated carbocycles. The Morgan fingerprint density at radius 1 is 1.40 bits per heavy atom. The van der Waals surface area contributed by atoms with Gasteiger partial charge in [-0.2, -0.15) is 0 Å². The standard InChI is InChI=1S/CH3Cl.CH2O.H3N/c2*1-2;/h1H3;1H2;1H3. The smallest absolute Gasteiger partial charge is 0.106 e. The summed E-state index contributed by atoms with van der Waals surface area (Å²) in [6.07, 6.45) is 1.47. The first-order valence-electron chi connectivity index (χ1n) is 0.667. The van der Waals surface area contributed by atoms with Gasteiger partial charge in [0.2, 0.25) is 0 Å². The van der Waals surface area contributed by atoms with Crippen molar-refractivity contribution in [1.29, 1.82) is 0 Å². The summed E-state index contributed by atoms with van der Waals surface area (Å²) in [5.41, 5.74) is 0. The predicted octanol–water partition coefficient (Wildman–Crippen LogP) is 0.832. The summed E-state index contributed by atoms with van der Waals surface area (Å²) in [4.78, 5) is 8.00. The summed E-state index contributed by atoms with van der Waals surface area (Å²) >= 11 is 4.64. The van der Waals surface area contributed by atoms with Crippen molar-refractivity contribution in [2.24, 2.45) is 0 Å². The summed E-state index contributed by atoms with van der Waals surface area (Å²) in [7, 11) is 0. The van der Waals surface area contributed by atoms with Gasteiger partial charge in [-0.05, 0) is 0 Å². The van der Waals surface area contributed by atoms with Crippen LogP contribution in [-0.2, 0) is 4.79 Å². The van der Waals surface area contributed by atoms with Gasteiger partial charge in [-0.1, -0.05) is 0 Å². The van der Waals surface area contributed by atoms with Crippen molar-refractivity contribution in [1.82, 2.24) is 6.15 Å². The minimum absolute atomic E-state index is 0. The van der Waals surface area contributed by atoms with Crippen LogP contribution in [0.1, 0.15) is 0 Å². The van der Waals surface area contributed by atoms with E-state index < -0.39 is 0 Å². The molecule has 0 fully saturated rings. The first-order valence-corrected chi connectivity index (χ1v) is 1.42. The van der Waals surface area contributed by atoms with E-state index in [1.54, 1.807) is 0 Å². The second-order valence-corrected chi connectivity index (χ2v) is 0. The lowest BCUT2D eigenvalue weighted by Crippen LogP contribution is -0.925. The van der Waals surface area contributed by atoms with E-state index in [1.807, 2.05) is 6.79 Å². The van der Waals surface area contributed by atoms with Crippen molar-refractivity contribution in [2.45, 2.75) is 0 Å². The molecule has 0 aromatic carbocycles. The summed E-state index contributed by atoms with van der Waals surface area (Å²) in [5, 5.41) is 0. The molecular weight excluding hydrogens is 89.5 g/mol. The molecule has 5 heavy (non-hydrogen) atoms. The van der Waals surface area contributed by atoms with E-state index in [9.17, 15) is 0 Å². The van der Waals surface area contributed by atoms with E-state index in [-0.39, 0.29) is 6.15 Å². The molecule has 0 aliphatic rings. The predicted molar refractivity (Wildman–Crippen MR) is 23.9 cm³/mol. The average molecular weight is 97.5 g/mol. The average Bonchev–Trinajstić information content (AvgIpc) is 1.50. The molecule has 2 nitrogen and oxygen atoms in total. The fourth-order valence-corrected chi connectivity index (χ4v) is 0. The maximum absolute atomic E-state index is 8.00. The van der Waals surface area contributed by atoms with Gasteiger partial charge in [-0.25, -0.2) is 0 Å². The maximum atomic E-state index is 8.00. The second-order valence-electron chi connectivity index (χ2n) is 0. The van der Waals surface area contributed by atoms with E-state index in [2.05, 4.69) is 11.6 Å². The Balaban J connectivity index is -0.0000000133. The summed E-state index contributed by atoms with van der Waals surface area (Å²) in [6, 6.07) is 0. The van der Waals surface area contributed by atoms with Crippen molar-refractivity contribution in [3.63, 3.8) is 0 Å². The van der Waals surface area contributed by atoms with Crippen LogP contribution in [0.2, 0.25) is 0 Å². The van der Waals surface area contributed by atoms with Gasteiger partial charge >= 0.3 is 0 Å². The Bertz CT molecular complexity index is 9.61. The molecule has 0 spiro atoms. The molecule has 0 heterocycles. The third kappa shape index (κ3) is 2260. The molecule has 0 aliphatic carbocycles. The molecule has 0 aromatic rings. The highest BCUT2D eigenvalue weighted by atomic mass is 35.5. The number of hydrogen-bond acceptors (Lipinski definition) is 2. The van der Waals surface area contributed by atoms with E-state index in [1.165, 1.54) is 6.38 Å². The van der Waals surface area contributed by atoms with Gasteiger partial charge in [0.05, 0.1) is 0 Å². The van der Waals surface area contributed by atoms with E-state index >= 15 is 0 Å². The van der Waals surface area contributed by atoms with Gasteiger partial charge in [0.25, 0.3) is 0 Å². The quantitative estimate of drug-likeness (QED) is 0.455. The Kier molecular flexibility index (Phi) is 21400. The molecule has 34 valence electrons. The highest BCUT2D eigenvalue weighted by Gasteiger charge is 0.943. The summed E-state index contributed by atoms with van der Waals surface area (Å²) < 4.78 is 0. The highest BCUT2D eigenvalue weighted by molar-refractivity contribution is 6.15. The van der Waals surface area contributed by atoms with Gasteiger partial charge < -0.3 is 10.9 Å². The molecule has 0 unspecified atom stereocenters. The fraction of sp³-hybridized carbons (Fsp3) is 0.500. The van der Waals surface area contributed by atoms with Gasteiger partial charge in [-0.15, -0.1) is 11.6 Å². The van der Waals surface area contributed by atoms with Crippen LogP contribution in [0.25, 0.3) is 0 Å². The second kappa shape index (κ2) is 5220. The van der Waals surface area contributed by atoms with Crippen LogP contribution >= 0.6 is 11.6 Å². The lowest BCUT2D eigenvalue weighted by Gasteiger charge is -1.06. The Hall–Kier alpha value is -0.0800. The molecule has 0 saturated heterocycles. The molecule has 0 atom stereocenters. The minimum atomic E-state index is 0. The molecule has 0 amide bonds. The minimum Gasteiger partial charge on any atom is -0.344 e. The Morgan fingerprint density at radius 2 is 1.40 bits per heavy atom. The molecule has 3 N–H and O–H groups in total. The lowest BCUT2D eigenvalue weighted by atomic mass is 11.9. The van der Waals surface area contributed by atoms with Crippen molar-refractivity contribution in [3.05, 3.63) is 0 Å². The van der Waals surface area contributed by atoms with E-state index in [4.69, 9.17) is 4.79 Å². The molecule has 0 bridgehead atoms. The number of carbonyl (C=O) groups excluding carboxylic acids is 1. The highest BCUT2D eigenvalue weighted by Crippen LogP contribution is 1.34. The molecule has 0 rings (SSSR count). The number of carbonyl (C=O) groups is 1. The maximum Gasteiger partial charge on any atom is 0.106 e. The van der Waals surface area contributed by atoms with Crippen LogP contribution in [0.4, 0.5) is 0 Å². The van der Waals surface area contributed by atoms with Gasteiger partial charge in [0.1, 0.15) is 6.79 Å². The molecule has 3 heteroatoms. The molecule has 0 radical (unpaired) electrons. The van der Waals surface area contributed by atoms with Gasteiger partial charge in [0.15, 0.2) is 0 Å². The number of rotatable bonds is 0. The van der Waals surface area contributed by atoms with Crippen molar-refractivity contribution in [2.75, 3.05) is 6.38 Å². The van der Waals surface area contributed by atoms with Crippen LogP contribution in [0.3, 0.4) is 0 Å². The van der Waals surface area contributed by atoms with Gasteiger partial charge in [-0.3, -0.25) is 0 Å². The first kappa shape index (κ1) is 20.5. The molecular formula is C2H8ClNO. The Labute approximate surface area is 36.7 Å². The van der Waals surface area contributed by atoms with Crippen LogP contribution in [0, 0.1) is 0 Å². The van der Waals surface area contributed by atoms with Crippen LogP contribution < -0.4 is 6.15 Å². The summed E-state index contributed by atoms with van der Waals surface area (Å²) in [6.45, 7) is 2.00. The zero-order chi connectivity index (χ0) is 4.00. The van der Waals surface area contributed by atoms with Gasteiger partial charge in [0, 0.05) is 6.38 Å².